The average molecular weight is 282 g/mol. The maximum absolute atomic E-state index is 12.7. The fourth-order valence-corrected chi connectivity index (χ4v) is 2.78. The Morgan fingerprint density at radius 3 is 2.85 bits per heavy atom. The molecule has 1 N–H and O–H groups in total. The van der Waals surface area contributed by atoms with Crippen molar-refractivity contribution in [3.8, 4) is 0 Å². The van der Waals surface area contributed by atoms with Crippen LogP contribution >= 0.6 is 0 Å². The van der Waals surface area contributed by atoms with E-state index in [0.717, 1.165) is 31.7 Å². The van der Waals surface area contributed by atoms with Crippen molar-refractivity contribution in [1.82, 2.24) is 10.2 Å². The molecule has 20 heavy (non-hydrogen) atoms. The molecule has 0 amide bonds. The lowest BCUT2D eigenvalue weighted by molar-refractivity contribution is 0.151. The second-order valence-corrected chi connectivity index (χ2v) is 5.52. The van der Waals surface area contributed by atoms with Crippen LogP contribution in [0.1, 0.15) is 43.7 Å². The quantitative estimate of drug-likeness (QED) is 0.858. The summed E-state index contributed by atoms with van der Waals surface area (Å²) in [6.07, 6.45) is 1.38. The van der Waals surface area contributed by atoms with E-state index in [4.69, 9.17) is 0 Å². The van der Waals surface area contributed by atoms with Gasteiger partial charge >= 0.3 is 0 Å². The van der Waals surface area contributed by atoms with E-state index in [1.165, 1.54) is 25.3 Å². The number of nitrogens with one attached hydrogen (secondary N) is 1. The van der Waals surface area contributed by atoms with E-state index in [1.54, 1.807) is 12.1 Å². The van der Waals surface area contributed by atoms with Crippen LogP contribution in [0.15, 0.2) is 24.3 Å². The normalized spacial score (nSPS) is 19.8. The molecule has 0 spiro atoms. The molecule has 0 saturated carbocycles. The molecule has 1 atom stereocenters. The van der Waals surface area contributed by atoms with Gasteiger partial charge in [-0.2, -0.15) is 0 Å². The highest BCUT2D eigenvalue weighted by Gasteiger charge is 2.16. The maximum Gasteiger partial charge on any atom is 0.263 e. The van der Waals surface area contributed by atoms with Crippen molar-refractivity contribution >= 4 is 0 Å². The molecule has 1 aromatic rings. The topological polar surface area (TPSA) is 15.3 Å². The number of halogens is 2. The van der Waals surface area contributed by atoms with Gasteiger partial charge in [-0.25, -0.2) is 8.78 Å². The molecule has 0 aromatic heterocycles. The van der Waals surface area contributed by atoms with E-state index in [9.17, 15) is 8.78 Å². The minimum absolute atomic E-state index is 0.120. The molecule has 0 radical (unpaired) electrons. The third-order valence-corrected chi connectivity index (χ3v) is 3.95. The molecule has 2 rings (SSSR count). The number of alkyl halides is 2. The first-order valence-corrected chi connectivity index (χ1v) is 7.51. The molecule has 0 bridgehead atoms. The second kappa shape index (κ2) is 7.70. The van der Waals surface area contributed by atoms with Crippen LogP contribution < -0.4 is 5.32 Å². The van der Waals surface area contributed by atoms with Crippen LogP contribution in [-0.4, -0.2) is 30.6 Å². The molecular weight excluding hydrogens is 258 g/mol. The highest BCUT2D eigenvalue weighted by atomic mass is 19.3. The maximum atomic E-state index is 12.7. The van der Waals surface area contributed by atoms with Gasteiger partial charge < -0.3 is 5.32 Å². The Hall–Kier alpha value is -1.00. The van der Waals surface area contributed by atoms with Gasteiger partial charge in [-0.3, -0.25) is 4.90 Å². The van der Waals surface area contributed by atoms with Crippen LogP contribution in [0, 0.1) is 0 Å². The van der Waals surface area contributed by atoms with E-state index < -0.39 is 6.43 Å². The van der Waals surface area contributed by atoms with Gasteiger partial charge in [0.1, 0.15) is 0 Å². The number of hydrogen-bond acceptors (Lipinski definition) is 2. The van der Waals surface area contributed by atoms with Gasteiger partial charge in [0.25, 0.3) is 6.43 Å². The third-order valence-electron chi connectivity index (χ3n) is 3.95. The summed E-state index contributed by atoms with van der Waals surface area (Å²) in [4.78, 5) is 2.33. The van der Waals surface area contributed by atoms with Gasteiger partial charge in [-0.1, -0.05) is 31.5 Å². The molecular formula is C16H24F2N2. The van der Waals surface area contributed by atoms with E-state index in [2.05, 4.69) is 17.1 Å². The Morgan fingerprint density at radius 2 is 2.20 bits per heavy atom. The summed E-state index contributed by atoms with van der Waals surface area (Å²) < 4.78 is 25.4. The Bertz CT molecular complexity index is 403. The first-order valence-electron chi connectivity index (χ1n) is 7.51. The first kappa shape index (κ1) is 15.4. The standard InChI is InChI=1S/C16H24F2N2/c1-2-20(12-15-8-3-4-9-19-15)11-13-6-5-7-14(10-13)16(17)18/h5-7,10,15-16,19H,2-4,8-9,11-12H2,1H3. The van der Waals surface area contributed by atoms with Gasteiger partial charge in [0.2, 0.25) is 0 Å². The summed E-state index contributed by atoms with van der Waals surface area (Å²) in [5, 5.41) is 3.54. The molecule has 4 heteroatoms. The van der Waals surface area contributed by atoms with E-state index in [1.807, 2.05) is 6.07 Å². The molecule has 0 aliphatic carbocycles. The Balaban J connectivity index is 1.93. The van der Waals surface area contributed by atoms with Crippen LogP contribution in [0.3, 0.4) is 0 Å². The second-order valence-electron chi connectivity index (χ2n) is 5.52. The molecule has 1 aliphatic heterocycles. The summed E-state index contributed by atoms with van der Waals surface area (Å²) >= 11 is 0. The lowest BCUT2D eigenvalue weighted by Crippen LogP contribution is -2.43. The van der Waals surface area contributed by atoms with E-state index >= 15 is 0 Å². The summed E-state index contributed by atoms with van der Waals surface area (Å²) in [5.41, 5.74) is 1.09. The van der Waals surface area contributed by atoms with Crippen molar-refractivity contribution in [1.29, 1.82) is 0 Å². The zero-order chi connectivity index (χ0) is 14.4. The van der Waals surface area contributed by atoms with Crippen LogP contribution in [0.25, 0.3) is 0 Å². The van der Waals surface area contributed by atoms with E-state index in [-0.39, 0.29) is 5.56 Å². The summed E-state index contributed by atoms with van der Waals surface area (Å²) in [7, 11) is 0. The Morgan fingerprint density at radius 1 is 1.35 bits per heavy atom. The zero-order valence-electron chi connectivity index (χ0n) is 12.1. The average Bonchev–Trinajstić information content (AvgIpc) is 2.48. The van der Waals surface area contributed by atoms with Gasteiger partial charge in [0.05, 0.1) is 0 Å². The fraction of sp³-hybridized carbons (Fsp3) is 0.625. The van der Waals surface area contributed by atoms with Crippen LogP contribution in [-0.2, 0) is 6.54 Å². The van der Waals surface area contributed by atoms with Crippen molar-refractivity contribution in [2.75, 3.05) is 19.6 Å². The number of hydrogen-bond donors (Lipinski definition) is 1. The highest BCUT2D eigenvalue weighted by Crippen LogP contribution is 2.20. The highest BCUT2D eigenvalue weighted by molar-refractivity contribution is 5.24. The monoisotopic (exact) mass is 282 g/mol. The number of benzene rings is 1. The first-order chi connectivity index (χ1) is 9.69. The van der Waals surface area contributed by atoms with E-state index in [0.29, 0.717) is 6.04 Å². The lowest BCUT2D eigenvalue weighted by Gasteiger charge is -2.30. The summed E-state index contributed by atoms with van der Waals surface area (Å²) in [6, 6.07) is 7.32. The predicted octanol–water partition coefficient (Wildman–Crippen LogP) is 3.59. The Kier molecular flexibility index (Phi) is 5.92. The molecule has 1 unspecified atom stereocenters. The minimum atomic E-state index is -2.38. The van der Waals surface area contributed by atoms with Gasteiger partial charge in [0, 0.05) is 24.7 Å². The predicted molar refractivity (Wildman–Crippen MR) is 78.0 cm³/mol. The molecule has 2 nitrogen and oxygen atoms in total. The molecule has 1 heterocycles. The van der Waals surface area contributed by atoms with Gasteiger partial charge in [0.15, 0.2) is 0 Å². The van der Waals surface area contributed by atoms with Crippen molar-refractivity contribution in [2.24, 2.45) is 0 Å². The largest absolute Gasteiger partial charge is 0.313 e. The zero-order valence-corrected chi connectivity index (χ0v) is 12.1. The summed E-state index contributed by atoms with van der Waals surface area (Å²) in [5.74, 6) is 0. The summed E-state index contributed by atoms with van der Waals surface area (Å²) in [6.45, 7) is 5.91. The smallest absolute Gasteiger partial charge is 0.263 e. The number of piperidine rings is 1. The third kappa shape index (κ3) is 4.53. The van der Waals surface area contributed by atoms with Crippen molar-refractivity contribution in [3.63, 3.8) is 0 Å². The molecule has 1 aromatic carbocycles. The van der Waals surface area contributed by atoms with Crippen LogP contribution in [0.5, 0.6) is 0 Å². The Labute approximate surface area is 120 Å². The SMILES string of the molecule is CCN(Cc1cccc(C(F)F)c1)CC1CCCCN1. The van der Waals surface area contributed by atoms with Gasteiger partial charge in [-0.05, 0) is 37.6 Å². The minimum Gasteiger partial charge on any atom is -0.313 e. The molecule has 1 aliphatic rings. The van der Waals surface area contributed by atoms with Crippen molar-refractivity contribution in [2.45, 2.75) is 45.2 Å². The lowest BCUT2D eigenvalue weighted by atomic mass is 10.0. The molecule has 112 valence electrons. The molecule has 1 saturated heterocycles. The number of likely N-dealkylation sites (N-methyl/N-ethyl adjacent to an activating group) is 1. The fourth-order valence-electron chi connectivity index (χ4n) is 2.78. The van der Waals surface area contributed by atoms with Gasteiger partial charge in [-0.15, -0.1) is 0 Å². The number of rotatable bonds is 6. The van der Waals surface area contributed by atoms with Crippen molar-refractivity contribution in [3.05, 3.63) is 35.4 Å². The van der Waals surface area contributed by atoms with Crippen LogP contribution in [0.4, 0.5) is 8.78 Å². The number of nitrogens with zero attached hydrogens (tertiary/aromatic N) is 1. The van der Waals surface area contributed by atoms with Crippen molar-refractivity contribution < 1.29 is 8.78 Å². The van der Waals surface area contributed by atoms with Crippen LogP contribution in [0.2, 0.25) is 0 Å². The molecule has 1 fully saturated rings.